The van der Waals surface area contributed by atoms with Gasteiger partial charge in [-0.15, -0.1) is 0 Å². The summed E-state index contributed by atoms with van der Waals surface area (Å²) in [6.45, 7) is 2.64. The molecule has 308 valence electrons. The molecule has 2 heteroatoms. The van der Waals surface area contributed by atoms with Crippen molar-refractivity contribution in [3.8, 4) is 27.9 Å². The third-order valence-electron chi connectivity index (χ3n) is 18.9. The van der Waals surface area contributed by atoms with Crippen molar-refractivity contribution in [3.05, 3.63) is 180 Å². The zero-order valence-electron chi connectivity index (χ0n) is 36.3. The molecule has 16 rings (SSSR count). The Labute approximate surface area is 371 Å². The Bertz CT molecular complexity index is 3150. The van der Waals surface area contributed by atoms with Crippen molar-refractivity contribution in [2.75, 3.05) is 4.90 Å². The van der Waals surface area contributed by atoms with Gasteiger partial charge in [-0.05, 0) is 198 Å². The zero-order valence-corrected chi connectivity index (χ0v) is 36.3. The molecular weight excluding hydrogens is 761 g/mol. The Kier molecular flexibility index (Phi) is 7.15. The Morgan fingerprint density at radius 2 is 1.06 bits per heavy atom. The first-order valence-corrected chi connectivity index (χ1v) is 24.5. The van der Waals surface area contributed by atoms with Gasteiger partial charge in [0.15, 0.2) is 0 Å². The summed E-state index contributed by atoms with van der Waals surface area (Å²) in [7, 11) is 0. The Morgan fingerprint density at radius 1 is 0.476 bits per heavy atom. The van der Waals surface area contributed by atoms with Crippen molar-refractivity contribution in [2.24, 2.45) is 41.4 Å². The second-order valence-corrected chi connectivity index (χ2v) is 21.3. The minimum absolute atomic E-state index is 0.0752. The molecule has 2 nitrogen and oxygen atoms in total. The molecule has 0 N–H and O–H groups in total. The number of hydrogen-bond donors (Lipinski definition) is 0. The molecule has 8 aromatic rings. The predicted octanol–water partition coefficient (Wildman–Crippen LogP) is 15.7. The first kappa shape index (κ1) is 35.6. The molecule has 8 aliphatic carbocycles. The normalized spacial score (nSPS) is 30.0. The molecule has 8 unspecified atom stereocenters. The van der Waals surface area contributed by atoms with Gasteiger partial charge in [0.25, 0.3) is 0 Å². The van der Waals surface area contributed by atoms with E-state index in [0.29, 0.717) is 11.8 Å². The highest BCUT2D eigenvalue weighted by Gasteiger charge is 2.62. The largest absolute Gasteiger partial charge is 0.310 e. The van der Waals surface area contributed by atoms with Crippen LogP contribution < -0.4 is 4.90 Å². The fourth-order valence-electron chi connectivity index (χ4n) is 16.7. The fraction of sp³-hybridized carbons (Fsp3) is 0.311. The highest BCUT2D eigenvalue weighted by Crippen LogP contribution is 2.70. The van der Waals surface area contributed by atoms with Crippen LogP contribution in [0.15, 0.2) is 158 Å². The van der Waals surface area contributed by atoms with E-state index in [1.165, 1.54) is 125 Å². The minimum Gasteiger partial charge on any atom is -0.310 e. The molecule has 0 aliphatic heterocycles. The fourth-order valence-corrected chi connectivity index (χ4v) is 16.7. The summed E-state index contributed by atoms with van der Waals surface area (Å²) in [6.07, 6.45) is 12.4. The van der Waals surface area contributed by atoms with Gasteiger partial charge in [-0.25, -0.2) is 0 Å². The number of nitrogens with zero attached hydrogens (tertiary/aromatic N) is 2. The van der Waals surface area contributed by atoms with Gasteiger partial charge in [-0.2, -0.15) is 0 Å². The lowest BCUT2D eigenvalue weighted by Crippen LogP contribution is -2.51. The third-order valence-corrected chi connectivity index (χ3v) is 18.9. The van der Waals surface area contributed by atoms with Crippen LogP contribution in [-0.4, -0.2) is 4.57 Å². The number of para-hydroxylation sites is 2. The van der Waals surface area contributed by atoms with E-state index >= 15 is 0 Å². The van der Waals surface area contributed by atoms with Gasteiger partial charge >= 0.3 is 0 Å². The lowest BCUT2D eigenvalue weighted by molar-refractivity contribution is 0.0174. The first-order chi connectivity index (χ1) is 31.1. The summed E-state index contributed by atoms with van der Waals surface area (Å²) >= 11 is 0. The molecule has 0 saturated heterocycles. The summed E-state index contributed by atoms with van der Waals surface area (Å²) in [5, 5.41) is 2.60. The summed E-state index contributed by atoms with van der Waals surface area (Å²) in [4.78, 5) is 2.64. The van der Waals surface area contributed by atoms with Gasteiger partial charge in [-0.3, -0.25) is 0 Å². The summed E-state index contributed by atoms with van der Waals surface area (Å²) in [5.41, 5.74) is 20.0. The van der Waals surface area contributed by atoms with E-state index in [9.17, 15) is 0 Å². The van der Waals surface area contributed by atoms with E-state index in [0.717, 1.165) is 29.6 Å². The van der Waals surface area contributed by atoms with Crippen molar-refractivity contribution < 1.29 is 0 Å². The molecule has 0 amide bonds. The SMILES string of the molecule is C[C@H]1C2CCC3CC(C2)CC1C31c2ccccc2-c2ccc(N(c3ccc(-n4c5ccccc5c5ccccc54)cc3)c3ccc4c(c3)C3(CC5CCC3C5)c3ccccc3-4)cc21. The molecule has 6 bridgehead atoms. The van der Waals surface area contributed by atoms with Crippen LogP contribution in [0, 0.1) is 41.4 Å². The van der Waals surface area contributed by atoms with Gasteiger partial charge < -0.3 is 9.47 Å². The quantitative estimate of drug-likeness (QED) is 0.172. The van der Waals surface area contributed by atoms with Crippen LogP contribution in [0.1, 0.15) is 87.0 Å². The van der Waals surface area contributed by atoms with Crippen LogP contribution in [0.25, 0.3) is 49.7 Å². The Morgan fingerprint density at radius 3 is 1.78 bits per heavy atom. The average Bonchev–Trinajstić information content (AvgIpc) is 4.12. The van der Waals surface area contributed by atoms with Crippen molar-refractivity contribution in [2.45, 2.75) is 75.5 Å². The summed E-state index contributed by atoms with van der Waals surface area (Å²) < 4.78 is 2.46. The van der Waals surface area contributed by atoms with E-state index in [2.05, 4.69) is 174 Å². The molecule has 8 aliphatic rings. The van der Waals surface area contributed by atoms with E-state index < -0.39 is 0 Å². The highest BCUT2D eigenvalue weighted by atomic mass is 15.1. The van der Waals surface area contributed by atoms with Gasteiger partial charge in [-0.1, -0.05) is 110 Å². The molecule has 9 atom stereocenters. The topological polar surface area (TPSA) is 8.17 Å². The van der Waals surface area contributed by atoms with Crippen LogP contribution in [0.4, 0.5) is 17.1 Å². The van der Waals surface area contributed by atoms with Crippen molar-refractivity contribution in [1.29, 1.82) is 0 Å². The van der Waals surface area contributed by atoms with Crippen molar-refractivity contribution in [1.82, 2.24) is 4.57 Å². The summed E-state index contributed by atoms with van der Waals surface area (Å²) in [5.74, 6) is 5.46. The van der Waals surface area contributed by atoms with E-state index in [4.69, 9.17) is 0 Å². The molecule has 6 saturated carbocycles. The molecule has 1 aromatic heterocycles. The van der Waals surface area contributed by atoms with E-state index in [1.807, 2.05) is 0 Å². The molecule has 7 aromatic carbocycles. The highest BCUT2D eigenvalue weighted by molar-refractivity contribution is 6.09. The second-order valence-electron chi connectivity index (χ2n) is 21.3. The number of rotatable bonds is 4. The number of fused-ring (bicyclic) bond motifs is 15. The Balaban J connectivity index is 0.943. The maximum absolute atomic E-state index is 2.71. The number of aromatic nitrogens is 1. The average molecular weight is 815 g/mol. The summed E-state index contributed by atoms with van der Waals surface area (Å²) in [6, 6.07) is 61.7. The molecule has 63 heavy (non-hydrogen) atoms. The second kappa shape index (κ2) is 12.7. The van der Waals surface area contributed by atoms with Crippen LogP contribution in [0.3, 0.4) is 0 Å². The minimum atomic E-state index is 0.0752. The van der Waals surface area contributed by atoms with E-state index in [-0.39, 0.29) is 10.8 Å². The van der Waals surface area contributed by atoms with Gasteiger partial charge in [0.05, 0.1) is 11.0 Å². The first-order valence-electron chi connectivity index (χ1n) is 24.5. The van der Waals surface area contributed by atoms with Crippen LogP contribution in [0.2, 0.25) is 0 Å². The predicted molar refractivity (Wildman–Crippen MR) is 260 cm³/mol. The number of anilines is 3. The molecule has 2 spiro atoms. The molecule has 1 heterocycles. The van der Waals surface area contributed by atoms with Crippen molar-refractivity contribution >= 4 is 38.9 Å². The van der Waals surface area contributed by atoms with Gasteiger partial charge in [0.1, 0.15) is 0 Å². The number of hydrogen-bond acceptors (Lipinski definition) is 1. The molecular formula is C61H54N2. The third kappa shape index (κ3) is 4.50. The zero-order chi connectivity index (χ0) is 41.2. The Hall–Kier alpha value is -5.86. The van der Waals surface area contributed by atoms with Gasteiger partial charge in [0.2, 0.25) is 0 Å². The maximum atomic E-state index is 2.71. The number of benzene rings is 7. The standard InChI is InChI=1S/C61H54N2/c1-37-40-19-21-42-32-39(30-40)33-55(37)61(42)54-15-7-3-11-48(54)50-29-27-46(35-57(50)61)62(43-22-24-44(25-23-43)63-58-16-8-4-12-51(58)52-13-5-9-17-59(52)63)45-26-28-49-47-10-2-6-14-53(47)60(56(49)34-45)36-38-18-20-41(60)31-38/h2-17,22-29,34-35,37-42,55H,18-21,30-33,36H2,1H3/t37-,38?,39?,40?,41?,42?,55?,60?,61?/m0/s1. The van der Waals surface area contributed by atoms with Crippen LogP contribution in [0.5, 0.6) is 0 Å². The monoisotopic (exact) mass is 814 g/mol. The smallest absolute Gasteiger partial charge is 0.0541 e. The lowest BCUT2D eigenvalue weighted by Gasteiger charge is -2.55. The molecule has 0 radical (unpaired) electrons. The van der Waals surface area contributed by atoms with Crippen molar-refractivity contribution in [3.63, 3.8) is 0 Å². The van der Waals surface area contributed by atoms with Crippen LogP contribution in [-0.2, 0) is 10.8 Å². The van der Waals surface area contributed by atoms with Gasteiger partial charge in [0, 0.05) is 44.4 Å². The van der Waals surface area contributed by atoms with E-state index in [1.54, 1.807) is 22.3 Å². The maximum Gasteiger partial charge on any atom is 0.0541 e. The lowest BCUT2D eigenvalue weighted by atomic mass is 9.48. The molecule has 6 fully saturated rings. The van der Waals surface area contributed by atoms with Crippen LogP contribution >= 0.6 is 0 Å².